The Labute approximate surface area is 330 Å². The van der Waals surface area contributed by atoms with Crippen molar-refractivity contribution in [1.29, 1.82) is 0 Å². The number of aromatic nitrogens is 4. The molecule has 5 nitrogen and oxygen atoms in total. The molecule has 7 aromatic carbocycles. The van der Waals surface area contributed by atoms with E-state index in [1.54, 1.807) is 0 Å². The summed E-state index contributed by atoms with van der Waals surface area (Å²) >= 11 is 0. The largest absolute Gasteiger partial charge is 0.455 e. The smallest absolute Gasteiger partial charge is 0.164 e. The summed E-state index contributed by atoms with van der Waals surface area (Å²) in [6.07, 6.45) is 0. The van der Waals surface area contributed by atoms with Crippen LogP contribution in [0.2, 0.25) is 0 Å². The Morgan fingerprint density at radius 2 is 0.839 bits per heavy atom. The van der Waals surface area contributed by atoms with Crippen LogP contribution >= 0.6 is 0 Å². The first-order valence-electron chi connectivity index (χ1n) is 18.0. The average molecular weight is 700 g/mol. The van der Waals surface area contributed by atoms with Gasteiger partial charge in [-0.3, -0.25) is 0 Å². The van der Waals surface area contributed by atoms with Crippen LogP contribution < -0.4 is 32.8 Å². The Hall–Kier alpha value is -6.46. The van der Waals surface area contributed by atoms with Crippen molar-refractivity contribution < 1.29 is 4.42 Å². The number of benzene rings is 7. The summed E-state index contributed by atoms with van der Waals surface area (Å²) in [6, 6.07) is 44.0. The highest BCUT2D eigenvalue weighted by molar-refractivity contribution is 6.65. The second-order valence-electron chi connectivity index (χ2n) is 13.7. The van der Waals surface area contributed by atoms with Crippen LogP contribution in [-0.4, -0.2) is 66.6 Å². The fourth-order valence-electron chi connectivity index (χ4n) is 7.74. The SMILES string of the molecule is [B]c1c([B])c(-c2nc(-c3ccccc3)nc(-c3ccc(-c4ccccc4)cc3)n2)c2c(oc3c(-n4c5ccccc5c5ccccc54)c([B])c([B])c([B])c32)c1[B]. The minimum absolute atomic E-state index is 0.111. The van der Waals surface area contributed by atoms with Crippen molar-refractivity contribution in [3.8, 4) is 51.0 Å². The lowest BCUT2D eigenvalue weighted by Gasteiger charge is -2.18. The molecule has 0 saturated carbocycles. The zero-order chi connectivity index (χ0) is 38.2. The molecular weight excluding hydrogens is 677 g/mol. The summed E-state index contributed by atoms with van der Waals surface area (Å²) in [4.78, 5) is 15.0. The monoisotopic (exact) mass is 700 g/mol. The molecule has 0 unspecified atom stereocenters. The Morgan fingerprint density at radius 3 is 1.45 bits per heavy atom. The number of furan rings is 1. The van der Waals surface area contributed by atoms with Gasteiger partial charge in [0.05, 0.1) is 16.7 Å². The maximum atomic E-state index is 6.94. The van der Waals surface area contributed by atoms with Gasteiger partial charge >= 0.3 is 0 Å². The molecule has 10 aromatic rings. The van der Waals surface area contributed by atoms with Crippen LogP contribution in [0.1, 0.15) is 0 Å². The second-order valence-corrected chi connectivity index (χ2v) is 13.7. The number of rotatable bonds is 5. The third kappa shape index (κ3) is 5.14. The van der Waals surface area contributed by atoms with Crippen LogP contribution in [0.4, 0.5) is 0 Å². The quantitative estimate of drug-likeness (QED) is 0.252. The van der Waals surface area contributed by atoms with Crippen molar-refractivity contribution in [1.82, 2.24) is 19.5 Å². The Morgan fingerprint density at radius 1 is 0.375 bits per heavy atom. The van der Waals surface area contributed by atoms with Gasteiger partial charge in [0.1, 0.15) is 52.7 Å². The van der Waals surface area contributed by atoms with Crippen LogP contribution in [-0.2, 0) is 0 Å². The Kier molecular flexibility index (Phi) is 7.96. The van der Waals surface area contributed by atoms with Crippen molar-refractivity contribution in [3.05, 3.63) is 133 Å². The van der Waals surface area contributed by atoms with Crippen molar-refractivity contribution in [2.75, 3.05) is 0 Å². The molecule has 56 heavy (non-hydrogen) atoms. The minimum atomic E-state index is 0.111. The van der Waals surface area contributed by atoms with Gasteiger partial charge in [0.25, 0.3) is 0 Å². The van der Waals surface area contributed by atoms with E-state index in [0.29, 0.717) is 39.3 Å². The molecule has 0 bridgehead atoms. The van der Waals surface area contributed by atoms with Crippen molar-refractivity contribution in [2.45, 2.75) is 0 Å². The third-order valence-electron chi connectivity index (χ3n) is 10.5. The Balaban J connectivity index is 1.29. The van der Waals surface area contributed by atoms with Crippen LogP contribution in [0.3, 0.4) is 0 Å². The molecule has 0 spiro atoms. The maximum Gasteiger partial charge on any atom is 0.164 e. The fraction of sp³-hybridized carbons (Fsp3) is 0. The summed E-state index contributed by atoms with van der Waals surface area (Å²) in [5.41, 5.74) is 7.97. The topological polar surface area (TPSA) is 56.7 Å². The van der Waals surface area contributed by atoms with E-state index in [9.17, 15) is 0 Å². The van der Waals surface area contributed by atoms with E-state index in [2.05, 4.69) is 24.3 Å². The first-order valence-corrected chi connectivity index (χ1v) is 18.0. The molecule has 0 aliphatic carbocycles. The molecule has 0 N–H and O–H groups in total. The first-order chi connectivity index (χ1) is 27.3. The van der Waals surface area contributed by atoms with E-state index in [4.69, 9.17) is 66.4 Å². The van der Waals surface area contributed by atoms with Gasteiger partial charge < -0.3 is 8.98 Å². The van der Waals surface area contributed by atoms with E-state index < -0.39 is 0 Å². The fourth-order valence-corrected chi connectivity index (χ4v) is 7.74. The lowest BCUT2D eigenvalue weighted by molar-refractivity contribution is 0.670. The van der Waals surface area contributed by atoms with Crippen molar-refractivity contribution in [3.63, 3.8) is 0 Å². The summed E-state index contributed by atoms with van der Waals surface area (Å²) in [7, 11) is 41.0. The van der Waals surface area contributed by atoms with Crippen molar-refractivity contribution in [2.24, 2.45) is 0 Å². The third-order valence-corrected chi connectivity index (χ3v) is 10.5. The number of nitrogens with zero attached hydrogens (tertiary/aromatic N) is 4. The highest BCUT2D eigenvalue weighted by atomic mass is 16.3. The zero-order valence-corrected chi connectivity index (χ0v) is 29.9. The molecule has 3 aromatic heterocycles. The molecule has 10 rings (SSSR count). The van der Waals surface area contributed by atoms with E-state index in [0.717, 1.165) is 44.1 Å². The predicted octanol–water partition coefficient (Wildman–Crippen LogP) is 4.30. The molecule has 11 heteroatoms. The molecular formula is C45H22B6N4O. The molecule has 0 aliphatic heterocycles. The summed E-state index contributed by atoms with van der Waals surface area (Å²) in [5.74, 6) is 1.09. The highest BCUT2D eigenvalue weighted by Crippen LogP contribution is 2.38. The molecule has 0 atom stereocenters. The standard InChI is InChI=1S/C45H22B6N4O/c46-34-32-31-33(45-53-43(25-13-5-2-6-14-25)52-44(54-45)26-21-19-24(20-22-26)23-11-3-1-4-12-23)35(47)37(49)39(51)41(31)56-42(32)40(38(50)36(34)48)55-29-17-9-7-15-27(29)28-16-8-10-18-30(28)55/h1-22H. The van der Waals surface area contributed by atoms with Gasteiger partial charge in [-0.05, 0) is 23.3 Å². The summed E-state index contributed by atoms with van der Waals surface area (Å²) in [5, 5.41) is 2.95. The maximum absolute atomic E-state index is 6.94. The number of hydrogen-bond acceptors (Lipinski definition) is 4. The molecule has 246 valence electrons. The van der Waals surface area contributed by atoms with Gasteiger partial charge in [0, 0.05) is 38.2 Å². The van der Waals surface area contributed by atoms with Crippen molar-refractivity contribution >= 4 is 124 Å². The Bertz CT molecular complexity index is 3150. The van der Waals surface area contributed by atoms with E-state index in [-0.39, 0.29) is 44.2 Å². The van der Waals surface area contributed by atoms with Gasteiger partial charge in [-0.2, -0.15) is 0 Å². The molecule has 0 saturated heterocycles. The molecule has 0 aliphatic rings. The first kappa shape index (κ1) is 34.1. The van der Waals surface area contributed by atoms with Gasteiger partial charge in [-0.1, -0.05) is 143 Å². The number of fused-ring (bicyclic) bond motifs is 6. The summed E-state index contributed by atoms with van der Waals surface area (Å²) in [6.45, 7) is 0. The number of hydrogen-bond donors (Lipinski definition) is 0. The highest BCUT2D eigenvalue weighted by Gasteiger charge is 2.27. The van der Waals surface area contributed by atoms with Gasteiger partial charge in [-0.15, -0.1) is 10.9 Å². The predicted molar refractivity (Wildman–Crippen MR) is 236 cm³/mol. The summed E-state index contributed by atoms with van der Waals surface area (Å²) < 4.78 is 8.81. The van der Waals surface area contributed by atoms with Crippen LogP contribution in [0.15, 0.2) is 138 Å². The molecule has 12 radical (unpaired) electrons. The molecule has 0 amide bonds. The lowest BCUT2D eigenvalue weighted by atomic mass is 9.67. The molecule has 3 heterocycles. The van der Waals surface area contributed by atoms with Crippen LogP contribution in [0, 0.1) is 0 Å². The van der Waals surface area contributed by atoms with E-state index in [1.165, 1.54) is 0 Å². The second kappa shape index (κ2) is 13.1. The number of para-hydroxylation sites is 2. The van der Waals surface area contributed by atoms with Gasteiger partial charge in [0.2, 0.25) is 0 Å². The van der Waals surface area contributed by atoms with Gasteiger partial charge in [0.15, 0.2) is 23.1 Å². The average Bonchev–Trinajstić information content (AvgIpc) is 3.80. The zero-order valence-electron chi connectivity index (χ0n) is 29.9. The minimum Gasteiger partial charge on any atom is -0.455 e. The molecule has 0 fully saturated rings. The lowest BCUT2D eigenvalue weighted by Crippen LogP contribution is -2.42. The van der Waals surface area contributed by atoms with E-state index in [1.807, 2.05) is 114 Å². The normalized spacial score (nSPS) is 11.6. The van der Waals surface area contributed by atoms with Crippen LogP contribution in [0.25, 0.3) is 94.7 Å². The van der Waals surface area contributed by atoms with Crippen LogP contribution in [0.5, 0.6) is 0 Å². The van der Waals surface area contributed by atoms with E-state index >= 15 is 0 Å². The van der Waals surface area contributed by atoms with Gasteiger partial charge in [-0.25, -0.2) is 15.0 Å².